The summed E-state index contributed by atoms with van der Waals surface area (Å²) in [6.45, 7) is 0.450. The molecule has 2 amide bonds. The first kappa shape index (κ1) is 21.9. The molecule has 7 nitrogen and oxygen atoms in total. The average Bonchev–Trinajstić information content (AvgIpc) is 2.83. The van der Waals surface area contributed by atoms with Gasteiger partial charge in [-0.15, -0.1) is 0 Å². The topological polar surface area (TPSA) is 96.9 Å². The van der Waals surface area contributed by atoms with Crippen molar-refractivity contribution in [3.63, 3.8) is 0 Å². The van der Waals surface area contributed by atoms with Gasteiger partial charge in [-0.2, -0.15) is 0 Å². The fourth-order valence-corrected chi connectivity index (χ4v) is 3.18. The van der Waals surface area contributed by atoms with Gasteiger partial charge in [0.1, 0.15) is 11.5 Å². The molecule has 0 unspecified atom stereocenters. The van der Waals surface area contributed by atoms with E-state index in [-0.39, 0.29) is 5.91 Å². The average molecular weight is 420 g/mol. The molecule has 0 aliphatic heterocycles. The summed E-state index contributed by atoms with van der Waals surface area (Å²) >= 11 is 0. The molecule has 0 aromatic heterocycles. The van der Waals surface area contributed by atoms with Crippen LogP contribution in [-0.4, -0.2) is 37.8 Å². The van der Waals surface area contributed by atoms with Crippen molar-refractivity contribution in [2.24, 2.45) is 0 Å². The second-order valence-corrected chi connectivity index (χ2v) is 6.83. The van der Waals surface area contributed by atoms with Gasteiger partial charge >= 0.3 is 0 Å². The number of carbonyl (C=O) groups excluding carboxylic acids is 2. The van der Waals surface area contributed by atoms with Gasteiger partial charge in [-0.25, -0.2) is 5.48 Å². The molecule has 31 heavy (non-hydrogen) atoms. The van der Waals surface area contributed by atoms with Crippen molar-refractivity contribution in [1.29, 1.82) is 0 Å². The Kier molecular flexibility index (Phi) is 7.24. The van der Waals surface area contributed by atoms with E-state index >= 15 is 0 Å². The van der Waals surface area contributed by atoms with E-state index in [4.69, 9.17) is 14.7 Å². The predicted molar refractivity (Wildman–Crippen MR) is 117 cm³/mol. The Morgan fingerprint density at radius 2 is 1.35 bits per heavy atom. The minimum Gasteiger partial charge on any atom is -0.497 e. The van der Waals surface area contributed by atoms with E-state index in [0.717, 1.165) is 16.7 Å². The molecule has 0 saturated carbocycles. The maximum absolute atomic E-state index is 12.6. The summed E-state index contributed by atoms with van der Waals surface area (Å²) in [6, 6.07) is 19.6. The molecule has 0 aliphatic rings. The van der Waals surface area contributed by atoms with E-state index in [1.165, 1.54) is 0 Å². The van der Waals surface area contributed by atoms with Gasteiger partial charge in [0.15, 0.2) is 0 Å². The molecule has 0 aliphatic carbocycles. The maximum Gasteiger partial charge on any atom is 0.274 e. The second kappa shape index (κ2) is 10.3. The Bertz CT molecular complexity index is 1060. The highest BCUT2D eigenvalue weighted by atomic mass is 16.5. The van der Waals surface area contributed by atoms with Crippen LogP contribution < -0.4 is 20.3 Å². The van der Waals surface area contributed by atoms with Crippen LogP contribution in [0, 0.1) is 0 Å². The van der Waals surface area contributed by atoms with E-state index in [1.807, 2.05) is 24.3 Å². The number of methoxy groups -OCH3 is 2. The molecule has 3 aromatic rings. The first-order valence-corrected chi connectivity index (χ1v) is 9.69. The zero-order chi connectivity index (χ0) is 22.2. The van der Waals surface area contributed by atoms with Gasteiger partial charge in [-0.1, -0.05) is 24.3 Å². The van der Waals surface area contributed by atoms with E-state index in [2.05, 4.69) is 5.32 Å². The molecule has 7 heteroatoms. The van der Waals surface area contributed by atoms with E-state index in [9.17, 15) is 9.59 Å². The molecular formula is C24H24N2O5. The summed E-state index contributed by atoms with van der Waals surface area (Å²) in [4.78, 5) is 24.3. The fraction of sp³-hybridized carbons (Fsp3) is 0.167. The molecule has 0 spiro atoms. The van der Waals surface area contributed by atoms with E-state index in [1.54, 1.807) is 62.2 Å². The van der Waals surface area contributed by atoms with Crippen LogP contribution >= 0.6 is 0 Å². The van der Waals surface area contributed by atoms with Crippen LogP contribution in [0.2, 0.25) is 0 Å². The van der Waals surface area contributed by atoms with Gasteiger partial charge in [0.05, 0.1) is 14.2 Å². The Hall–Kier alpha value is -3.84. The van der Waals surface area contributed by atoms with Crippen LogP contribution in [0.15, 0.2) is 66.7 Å². The van der Waals surface area contributed by atoms with Crippen LogP contribution in [0.4, 0.5) is 0 Å². The lowest BCUT2D eigenvalue weighted by Gasteiger charge is -2.10. The number of rotatable bonds is 8. The molecular weight excluding hydrogens is 396 g/mol. The number of carbonyl (C=O) groups is 2. The highest BCUT2D eigenvalue weighted by Crippen LogP contribution is 2.23. The third-order valence-corrected chi connectivity index (χ3v) is 4.79. The fourth-order valence-electron chi connectivity index (χ4n) is 3.18. The molecule has 0 saturated heterocycles. The maximum atomic E-state index is 12.6. The Morgan fingerprint density at radius 1 is 0.806 bits per heavy atom. The molecule has 3 rings (SSSR count). The van der Waals surface area contributed by atoms with Gasteiger partial charge < -0.3 is 14.8 Å². The smallest absolute Gasteiger partial charge is 0.274 e. The summed E-state index contributed by atoms with van der Waals surface area (Å²) < 4.78 is 10.5. The molecule has 160 valence electrons. The zero-order valence-corrected chi connectivity index (χ0v) is 17.3. The number of nitrogens with one attached hydrogen (secondary N) is 2. The van der Waals surface area contributed by atoms with Crippen molar-refractivity contribution in [3.8, 4) is 22.6 Å². The quantitative estimate of drug-likeness (QED) is 0.383. The van der Waals surface area contributed by atoms with E-state index in [0.29, 0.717) is 35.6 Å². The number of ether oxygens (including phenoxy) is 2. The summed E-state index contributed by atoms with van der Waals surface area (Å²) in [7, 11) is 3.19. The highest BCUT2D eigenvalue weighted by Gasteiger charge is 2.10. The minimum atomic E-state index is -0.593. The third kappa shape index (κ3) is 5.61. The summed E-state index contributed by atoms with van der Waals surface area (Å²) in [5.74, 6) is 0.613. The van der Waals surface area contributed by atoms with Crippen molar-refractivity contribution in [1.82, 2.24) is 10.8 Å². The van der Waals surface area contributed by atoms with E-state index < -0.39 is 5.91 Å². The van der Waals surface area contributed by atoms with Gasteiger partial charge in [0, 0.05) is 23.7 Å². The number of hydroxylamine groups is 1. The predicted octanol–water partition coefficient (Wildman–Crippen LogP) is 3.46. The van der Waals surface area contributed by atoms with Crippen LogP contribution in [0.1, 0.15) is 26.3 Å². The minimum absolute atomic E-state index is 0.194. The lowest BCUT2D eigenvalue weighted by atomic mass is 10.0. The number of hydrogen-bond acceptors (Lipinski definition) is 5. The lowest BCUT2D eigenvalue weighted by Crippen LogP contribution is -2.25. The third-order valence-electron chi connectivity index (χ3n) is 4.79. The van der Waals surface area contributed by atoms with Crippen molar-refractivity contribution < 1.29 is 24.3 Å². The van der Waals surface area contributed by atoms with Crippen LogP contribution in [0.3, 0.4) is 0 Å². The first-order valence-electron chi connectivity index (χ1n) is 9.69. The molecule has 0 atom stereocenters. The number of amides is 2. The lowest BCUT2D eigenvalue weighted by molar-refractivity contribution is 0.0706. The standard InChI is InChI=1S/C24H24N2O5/c1-30-21-11-16(12-22(15-21)31-2)9-10-25-23(27)19-7-3-5-17(13-19)18-6-4-8-20(14-18)24(28)26-29/h3-8,11-15,29H,9-10H2,1-2H3,(H,25,27)(H,26,28). The summed E-state index contributed by atoms with van der Waals surface area (Å²) in [5, 5.41) is 11.7. The molecule has 0 bridgehead atoms. The Labute approximate surface area is 180 Å². The van der Waals surface area contributed by atoms with Gasteiger partial charge in [-0.3, -0.25) is 14.8 Å². The normalized spacial score (nSPS) is 10.3. The Balaban J connectivity index is 1.68. The summed E-state index contributed by atoms with van der Waals surface area (Å²) in [6.07, 6.45) is 0.622. The SMILES string of the molecule is COc1cc(CCNC(=O)c2cccc(-c3cccc(C(=O)NO)c3)c2)cc(OC)c1. The molecule has 0 fully saturated rings. The monoisotopic (exact) mass is 420 g/mol. The Morgan fingerprint density at radius 3 is 1.87 bits per heavy atom. The van der Waals surface area contributed by atoms with Crippen LogP contribution in [0.25, 0.3) is 11.1 Å². The van der Waals surface area contributed by atoms with Crippen molar-refractivity contribution in [3.05, 3.63) is 83.4 Å². The molecule has 0 heterocycles. The molecule has 3 aromatic carbocycles. The molecule has 3 N–H and O–H groups in total. The highest BCUT2D eigenvalue weighted by molar-refractivity contribution is 5.96. The van der Waals surface area contributed by atoms with Gasteiger partial charge in [-0.05, 0) is 59.5 Å². The van der Waals surface area contributed by atoms with Crippen LogP contribution in [-0.2, 0) is 6.42 Å². The molecule has 0 radical (unpaired) electrons. The van der Waals surface area contributed by atoms with Crippen molar-refractivity contribution in [2.75, 3.05) is 20.8 Å². The second-order valence-electron chi connectivity index (χ2n) is 6.83. The first-order chi connectivity index (χ1) is 15.0. The van der Waals surface area contributed by atoms with Gasteiger partial charge in [0.25, 0.3) is 11.8 Å². The summed E-state index contributed by atoms with van der Waals surface area (Å²) in [5.41, 5.74) is 5.00. The van der Waals surface area contributed by atoms with Crippen molar-refractivity contribution >= 4 is 11.8 Å². The number of benzene rings is 3. The van der Waals surface area contributed by atoms with Crippen LogP contribution in [0.5, 0.6) is 11.5 Å². The van der Waals surface area contributed by atoms with Crippen molar-refractivity contribution in [2.45, 2.75) is 6.42 Å². The largest absolute Gasteiger partial charge is 0.497 e. The number of hydrogen-bond donors (Lipinski definition) is 3. The zero-order valence-electron chi connectivity index (χ0n) is 17.3. The van der Waals surface area contributed by atoms with Gasteiger partial charge in [0.2, 0.25) is 0 Å².